The first-order valence-electron chi connectivity index (χ1n) is 8.62. The molecular formula is C15H32F6NP. The summed E-state index contributed by atoms with van der Waals surface area (Å²) in [4.78, 5) is 0. The summed E-state index contributed by atoms with van der Waals surface area (Å²) in [6, 6.07) is 0. The van der Waals surface area contributed by atoms with Gasteiger partial charge in [-0.2, -0.15) is 0 Å². The number of halogens is 6. The summed E-state index contributed by atoms with van der Waals surface area (Å²) in [7, 11) is -8.20. The maximum atomic E-state index is 9.87. The molecule has 144 valence electrons. The Morgan fingerprint density at radius 2 is 1.04 bits per heavy atom. The molecule has 0 atom stereocenters. The van der Waals surface area contributed by atoms with E-state index in [0.29, 0.717) is 0 Å². The summed E-state index contributed by atoms with van der Waals surface area (Å²) in [6.07, 6.45) is 14.6. The zero-order chi connectivity index (χ0) is 18.1. The van der Waals surface area contributed by atoms with Crippen molar-refractivity contribution in [3.63, 3.8) is 0 Å². The fraction of sp³-hybridized carbons (Fsp3) is 1.00. The molecule has 0 aliphatic carbocycles. The summed E-state index contributed by atoms with van der Waals surface area (Å²) in [5, 5.41) is 0. The topological polar surface area (TPSA) is 0 Å². The minimum atomic E-state index is -10.7. The number of rotatable bonds is 9. The average molecular weight is 371 g/mol. The van der Waals surface area contributed by atoms with Crippen LogP contribution in [0.4, 0.5) is 25.2 Å². The fourth-order valence-corrected chi connectivity index (χ4v) is 2.95. The van der Waals surface area contributed by atoms with Crippen LogP contribution in [0.25, 0.3) is 0 Å². The summed E-state index contributed by atoms with van der Waals surface area (Å²) in [5.41, 5.74) is 0. The Morgan fingerprint density at radius 3 is 1.43 bits per heavy atom. The first kappa shape index (κ1) is 23.0. The van der Waals surface area contributed by atoms with Crippen molar-refractivity contribution >= 4 is 7.81 Å². The number of quaternary nitrogens is 1. The third-order valence-electron chi connectivity index (χ3n) is 4.20. The van der Waals surface area contributed by atoms with Crippen LogP contribution in [-0.4, -0.2) is 31.2 Å². The van der Waals surface area contributed by atoms with Crippen LogP contribution in [0.2, 0.25) is 0 Å². The van der Waals surface area contributed by atoms with E-state index in [9.17, 15) is 25.2 Å². The SMILES string of the molecule is CCCCCCCCCC[N+]1(C)CCCC1.F[P-](F)(F)(F)(F)F. The summed E-state index contributed by atoms with van der Waals surface area (Å²) >= 11 is 0. The third kappa shape index (κ3) is 22.0. The first-order valence-corrected chi connectivity index (χ1v) is 10.6. The average Bonchev–Trinajstić information content (AvgIpc) is 2.76. The number of likely N-dealkylation sites (tertiary alicyclic amines) is 1. The molecule has 8 heteroatoms. The summed E-state index contributed by atoms with van der Waals surface area (Å²) in [6.45, 7) is 6.61. The molecule has 0 aromatic carbocycles. The minimum absolute atomic E-state index is 1.37. The number of hydrogen-bond acceptors (Lipinski definition) is 0. The molecule has 0 aromatic heterocycles. The van der Waals surface area contributed by atoms with Crippen molar-refractivity contribution in [2.75, 3.05) is 26.7 Å². The van der Waals surface area contributed by atoms with Gasteiger partial charge in [-0.3, -0.25) is 0 Å². The van der Waals surface area contributed by atoms with Crippen LogP contribution in [0.1, 0.15) is 71.1 Å². The van der Waals surface area contributed by atoms with Crippen LogP contribution < -0.4 is 0 Å². The normalized spacial score (nSPS) is 20.3. The Hall–Kier alpha value is -0.0300. The van der Waals surface area contributed by atoms with Gasteiger partial charge in [-0.05, 0) is 12.8 Å². The standard InChI is InChI=1S/C15H32N.F6P/c1-3-4-5-6-7-8-9-10-13-16(2)14-11-12-15-16;1-7(2,3,4,5)6/h3-15H2,1-2H3;/q+1;-1. The summed E-state index contributed by atoms with van der Waals surface area (Å²) in [5.74, 6) is 0. The molecule has 0 amide bonds. The van der Waals surface area contributed by atoms with E-state index in [1.165, 1.54) is 88.3 Å². The van der Waals surface area contributed by atoms with Crippen LogP contribution in [0.15, 0.2) is 0 Å². The molecule has 1 rings (SSSR count). The van der Waals surface area contributed by atoms with E-state index in [0.717, 1.165) is 0 Å². The molecule has 23 heavy (non-hydrogen) atoms. The van der Waals surface area contributed by atoms with Gasteiger partial charge in [-0.15, -0.1) is 0 Å². The van der Waals surface area contributed by atoms with Gasteiger partial charge in [0.1, 0.15) is 0 Å². The molecule has 1 saturated heterocycles. The van der Waals surface area contributed by atoms with E-state index in [1.807, 2.05) is 0 Å². The Balaban J connectivity index is 0.000000585. The predicted octanol–water partition coefficient (Wildman–Crippen LogP) is 7.75. The fourth-order valence-electron chi connectivity index (χ4n) is 2.95. The molecule has 1 heterocycles. The predicted molar refractivity (Wildman–Crippen MR) is 86.2 cm³/mol. The van der Waals surface area contributed by atoms with Gasteiger partial charge in [0.2, 0.25) is 0 Å². The molecule has 0 aromatic rings. The molecule has 0 N–H and O–H groups in total. The van der Waals surface area contributed by atoms with Crippen LogP contribution in [-0.2, 0) is 0 Å². The molecule has 1 aliphatic heterocycles. The maximum absolute atomic E-state index is 10.7. The van der Waals surface area contributed by atoms with E-state index < -0.39 is 7.81 Å². The van der Waals surface area contributed by atoms with Crippen molar-refractivity contribution in [1.82, 2.24) is 0 Å². The van der Waals surface area contributed by atoms with Gasteiger partial charge < -0.3 is 4.48 Å². The van der Waals surface area contributed by atoms with Crippen molar-refractivity contribution in [3.05, 3.63) is 0 Å². The number of unbranched alkanes of at least 4 members (excludes halogenated alkanes) is 7. The van der Waals surface area contributed by atoms with Crippen molar-refractivity contribution in [3.8, 4) is 0 Å². The second-order valence-electron chi connectivity index (χ2n) is 6.93. The summed E-state index contributed by atoms with van der Waals surface area (Å²) < 4.78 is 60.6. The van der Waals surface area contributed by atoms with Crippen molar-refractivity contribution < 1.29 is 29.7 Å². The molecule has 0 spiro atoms. The molecule has 0 saturated carbocycles. The molecule has 0 radical (unpaired) electrons. The van der Waals surface area contributed by atoms with E-state index in [-0.39, 0.29) is 0 Å². The van der Waals surface area contributed by atoms with E-state index in [4.69, 9.17) is 0 Å². The van der Waals surface area contributed by atoms with Crippen LogP contribution in [0.3, 0.4) is 0 Å². The van der Waals surface area contributed by atoms with Crippen molar-refractivity contribution in [1.29, 1.82) is 0 Å². The molecule has 0 bridgehead atoms. The number of hydrogen-bond donors (Lipinski definition) is 0. The van der Waals surface area contributed by atoms with Gasteiger partial charge >= 0.3 is 33.0 Å². The second-order valence-corrected chi connectivity index (χ2v) is 8.85. The van der Waals surface area contributed by atoms with Gasteiger partial charge in [0.25, 0.3) is 0 Å². The Morgan fingerprint density at radius 1 is 0.696 bits per heavy atom. The molecule has 1 fully saturated rings. The van der Waals surface area contributed by atoms with Gasteiger partial charge in [0, 0.05) is 12.8 Å². The van der Waals surface area contributed by atoms with Crippen LogP contribution >= 0.6 is 7.81 Å². The number of nitrogens with zero attached hydrogens (tertiary/aromatic N) is 1. The Labute approximate surface area is 136 Å². The first-order chi connectivity index (χ1) is 10.2. The van der Waals surface area contributed by atoms with Crippen molar-refractivity contribution in [2.45, 2.75) is 71.1 Å². The van der Waals surface area contributed by atoms with E-state index >= 15 is 0 Å². The quantitative estimate of drug-likeness (QED) is 0.168. The van der Waals surface area contributed by atoms with Gasteiger partial charge in [-0.25, -0.2) is 0 Å². The second kappa shape index (κ2) is 8.37. The van der Waals surface area contributed by atoms with E-state index in [1.54, 1.807) is 0 Å². The zero-order valence-electron chi connectivity index (χ0n) is 14.4. The van der Waals surface area contributed by atoms with E-state index in [2.05, 4.69) is 14.0 Å². The molecule has 0 unspecified atom stereocenters. The molecule has 1 aliphatic rings. The monoisotopic (exact) mass is 371 g/mol. The van der Waals surface area contributed by atoms with Gasteiger partial charge in [0.05, 0.1) is 26.7 Å². The van der Waals surface area contributed by atoms with Gasteiger partial charge in [0.15, 0.2) is 0 Å². The molecular weight excluding hydrogens is 339 g/mol. The Kier molecular flexibility index (Phi) is 8.36. The van der Waals surface area contributed by atoms with Gasteiger partial charge in [-0.1, -0.05) is 45.4 Å². The van der Waals surface area contributed by atoms with Crippen molar-refractivity contribution in [2.24, 2.45) is 0 Å². The zero-order valence-corrected chi connectivity index (χ0v) is 15.2. The Bertz CT molecular complexity index is 309. The van der Waals surface area contributed by atoms with Crippen LogP contribution in [0.5, 0.6) is 0 Å². The molecule has 1 nitrogen and oxygen atoms in total. The van der Waals surface area contributed by atoms with Crippen LogP contribution in [0, 0.1) is 0 Å². The third-order valence-corrected chi connectivity index (χ3v) is 4.20.